The van der Waals surface area contributed by atoms with Crippen LogP contribution in [0.2, 0.25) is 0 Å². The van der Waals surface area contributed by atoms with Gasteiger partial charge in [-0.05, 0) is 31.1 Å². The van der Waals surface area contributed by atoms with Gasteiger partial charge in [0.15, 0.2) is 0 Å². The van der Waals surface area contributed by atoms with Crippen LogP contribution in [-0.2, 0) is 4.74 Å². The van der Waals surface area contributed by atoms with Crippen molar-refractivity contribution in [3.05, 3.63) is 0 Å². The highest BCUT2D eigenvalue weighted by atomic mass is 35.5. The maximum absolute atomic E-state index is 6.19. The minimum absolute atomic E-state index is 0.210. The first-order chi connectivity index (χ1) is 7.74. The molecule has 2 rings (SSSR count). The molecule has 1 saturated heterocycles. The lowest BCUT2D eigenvalue weighted by atomic mass is 9.77. The van der Waals surface area contributed by atoms with E-state index in [0.717, 1.165) is 31.6 Å². The van der Waals surface area contributed by atoms with Crippen LogP contribution in [-0.4, -0.2) is 31.2 Å². The van der Waals surface area contributed by atoms with Crippen LogP contribution >= 0.6 is 11.6 Å². The van der Waals surface area contributed by atoms with Crippen molar-refractivity contribution in [2.24, 2.45) is 11.8 Å². The van der Waals surface area contributed by atoms with Gasteiger partial charge in [0.25, 0.3) is 0 Å². The van der Waals surface area contributed by atoms with E-state index in [1.807, 2.05) is 0 Å². The Bertz CT molecular complexity index is 218. The second-order valence-electron chi connectivity index (χ2n) is 5.73. The third-order valence-corrected chi connectivity index (χ3v) is 4.65. The molecule has 3 atom stereocenters. The number of ether oxygens (including phenoxy) is 1. The smallest absolute Gasteiger partial charge is 0.0507 e. The molecule has 16 heavy (non-hydrogen) atoms. The van der Waals surface area contributed by atoms with Crippen molar-refractivity contribution in [1.82, 2.24) is 5.32 Å². The zero-order chi connectivity index (χ0) is 11.4. The summed E-state index contributed by atoms with van der Waals surface area (Å²) in [6.07, 6.45) is 6.38. The van der Waals surface area contributed by atoms with Crippen LogP contribution in [0.1, 0.15) is 39.0 Å². The molecule has 0 bridgehead atoms. The monoisotopic (exact) mass is 245 g/mol. The molecular weight excluding hydrogens is 222 g/mol. The highest BCUT2D eigenvalue weighted by molar-refractivity contribution is 6.18. The predicted molar refractivity (Wildman–Crippen MR) is 68.0 cm³/mol. The quantitative estimate of drug-likeness (QED) is 0.770. The van der Waals surface area contributed by atoms with Crippen LogP contribution in [0.25, 0.3) is 0 Å². The number of hydrogen-bond acceptors (Lipinski definition) is 2. The van der Waals surface area contributed by atoms with Gasteiger partial charge in [-0.15, -0.1) is 11.6 Å². The summed E-state index contributed by atoms with van der Waals surface area (Å²) in [4.78, 5) is 0. The first-order valence-corrected chi connectivity index (χ1v) is 7.16. The van der Waals surface area contributed by atoms with E-state index in [2.05, 4.69) is 12.2 Å². The Morgan fingerprint density at radius 1 is 1.44 bits per heavy atom. The topological polar surface area (TPSA) is 21.3 Å². The van der Waals surface area contributed by atoms with Crippen molar-refractivity contribution in [2.75, 3.05) is 25.6 Å². The number of rotatable bonds is 4. The van der Waals surface area contributed by atoms with E-state index in [-0.39, 0.29) is 5.54 Å². The molecule has 1 saturated carbocycles. The molecular formula is C13H24ClNO. The number of hydrogen-bond donors (Lipinski definition) is 1. The van der Waals surface area contributed by atoms with Crippen LogP contribution in [0.15, 0.2) is 0 Å². The van der Waals surface area contributed by atoms with Crippen molar-refractivity contribution in [2.45, 2.75) is 44.6 Å². The normalized spacial score (nSPS) is 40.1. The second-order valence-corrected chi connectivity index (χ2v) is 5.99. The second kappa shape index (κ2) is 5.70. The SMILES string of the molecule is CC1CCCC(CCl)(NCC2CCOC2)C1. The highest BCUT2D eigenvalue weighted by Gasteiger charge is 2.34. The molecule has 0 radical (unpaired) electrons. The average molecular weight is 246 g/mol. The van der Waals surface area contributed by atoms with Crippen molar-refractivity contribution < 1.29 is 4.74 Å². The summed E-state index contributed by atoms with van der Waals surface area (Å²) in [7, 11) is 0. The maximum Gasteiger partial charge on any atom is 0.0507 e. The fraction of sp³-hybridized carbons (Fsp3) is 1.00. The van der Waals surface area contributed by atoms with Crippen molar-refractivity contribution in [3.63, 3.8) is 0 Å². The third-order valence-electron chi connectivity index (χ3n) is 4.14. The van der Waals surface area contributed by atoms with Gasteiger partial charge >= 0.3 is 0 Å². The number of halogens is 1. The fourth-order valence-corrected chi connectivity index (χ4v) is 3.43. The van der Waals surface area contributed by atoms with E-state index < -0.39 is 0 Å². The summed E-state index contributed by atoms with van der Waals surface area (Å²) < 4.78 is 5.41. The van der Waals surface area contributed by atoms with Crippen molar-refractivity contribution >= 4 is 11.6 Å². The van der Waals surface area contributed by atoms with E-state index in [0.29, 0.717) is 5.92 Å². The fourth-order valence-electron chi connectivity index (χ4n) is 3.09. The zero-order valence-corrected chi connectivity index (χ0v) is 11.1. The predicted octanol–water partition coefficient (Wildman–Crippen LogP) is 2.80. The Morgan fingerprint density at radius 2 is 2.31 bits per heavy atom. The van der Waals surface area contributed by atoms with Crippen LogP contribution in [0, 0.1) is 11.8 Å². The molecule has 94 valence electrons. The van der Waals surface area contributed by atoms with E-state index in [1.165, 1.54) is 32.1 Å². The minimum Gasteiger partial charge on any atom is -0.381 e. The van der Waals surface area contributed by atoms with Gasteiger partial charge in [-0.2, -0.15) is 0 Å². The van der Waals surface area contributed by atoms with E-state index in [1.54, 1.807) is 0 Å². The van der Waals surface area contributed by atoms with Crippen LogP contribution < -0.4 is 5.32 Å². The van der Waals surface area contributed by atoms with E-state index >= 15 is 0 Å². The molecule has 0 aromatic heterocycles. The molecule has 1 aliphatic carbocycles. The standard InChI is InChI=1S/C13H24ClNO/c1-11-3-2-5-13(7-11,10-14)15-8-12-4-6-16-9-12/h11-12,15H,2-10H2,1H3. The Labute approximate surface area is 104 Å². The average Bonchev–Trinajstić information content (AvgIpc) is 2.79. The van der Waals surface area contributed by atoms with Crippen LogP contribution in [0.4, 0.5) is 0 Å². The van der Waals surface area contributed by atoms with Gasteiger partial charge < -0.3 is 10.1 Å². The van der Waals surface area contributed by atoms with E-state index in [4.69, 9.17) is 16.3 Å². The molecule has 3 unspecified atom stereocenters. The maximum atomic E-state index is 6.19. The number of alkyl halides is 1. The third kappa shape index (κ3) is 3.12. The highest BCUT2D eigenvalue weighted by Crippen LogP contribution is 2.33. The molecule has 1 N–H and O–H groups in total. The lowest BCUT2D eigenvalue weighted by Crippen LogP contribution is -2.51. The molecule has 1 aliphatic heterocycles. The molecule has 0 spiro atoms. The largest absolute Gasteiger partial charge is 0.381 e. The van der Waals surface area contributed by atoms with Gasteiger partial charge in [-0.25, -0.2) is 0 Å². The number of nitrogens with one attached hydrogen (secondary N) is 1. The lowest BCUT2D eigenvalue weighted by molar-refractivity contribution is 0.172. The van der Waals surface area contributed by atoms with Crippen molar-refractivity contribution in [3.8, 4) is 0 Å². The summed E-state index contributed by atoms with van der Waals surface area (Å²) in [5.41, 5.74) is 0.210. The van der Waals surface area contributed by atoms with Gasteiger partial charge in [0, 0.05) is 24.6 Å². The van der Waals surface area contributed by atoms with Crippen LogP contribution in [0.5, 0.6) is 0 Å². The summed E-state index contributed by atoms with van der Waals surface area (Å²) in [5, 5.41) is 3.75. The Balaban J connectivity index is 1.83. The van der Waals surface area contributed by atoms with E-state index in [9.17, 15) is 0 Å². The molecule has 3 heteroatoms. The molecule has 2 fully saturated rings. The van der Waals surface area contributed by atoms with Gasteiger partial charge in [0.2, 0.25) is 0 Å². The zero-order valence-electron chi connectivity index (χ0n) is 10.3. The molecule has 0 aromatic rings. The summed E-state index contributed by atoms with van der Waals surface area (Å²) in [6, 6.07) is 0. The lowest BCUT2D eigenvalue weighted by Gasteiger charge is -2.40. The molecule has 1 heterocycles. The molecule has 2 aliphatic rings. The summed E-state index contributed by atoms with van der Waals surface area (Å²) in [6.45, 7) is 5.30. The van der Waals surface area contributed by atoms with Crippen LogP contribution in [0.3, 0.4) is 0 Å². The Morgan fingerprint density at radius 3 is 2.94 bits per heavy atom. The summed E-state index contributed by atoms with van der Waals surface area (Å²) in [5.74, 6) is 2.28. The van der Waals surface area contributed by atoms with Crippen molar-refractivity contribution in [1.29, 1.82) is 0 Å². The van der Waals surface area contributed by atoms with Gasteiger partial charge in [-0.3, -0.25) is 0 Å². The molecule has 0 amide bonds. The van der Waals surface area contributed by atoms with Gasteiger partial charge in [-0.1, -0.05) is 19.8 Å². The van der Waals surface area contributed by atoms with Gasteiger partial charge in [0.1, 0.15) is 0 Å². The Kier molecular flexibility index (Phi) is 4.51. The molecule has 2 nitrogen and oxygen atoms in total. The Hall–Kier alpha value is 0.210. The minimum atomic E-state index is 0.210. The first kappa shape index (κ1) is 12.7. The van der Waals surface area contributed by atoms with Gasteiger partial charge in [0.05, 0.1) is 6.61 Å². The first-order valence-electron chi connectivity index (χ1n) is 6.63. The molecule has 0 aromatic carbocycles. The summed E-state index contributed by atoms with van der Waals surface area (Å²) >= 11 is 6.19.